The van der Waals surface area contributed by atoms with Gasteiger partial charge in [-0.25, -0.2) is 9.97 Å². The molecule has 7 heteroatoms. The number of rotatable bonds is 4. The van der Waals surface area contributed by atoms with Gasteiger partial charge in [0, 0.05) is 22.5 Å². The number of nitrogens with one attached hydrogen (secondary N) is 1. The molecule has 30 heavy (non-hydrogen) atoms. The summed E-state index contributed by atoms with van der Waals surface area (Å²) in [5.41, 5.74) is 2.57. The Labute approximate surface area is 181 Å². The molecule has 0 saturated heterocycles. The van der Waals surface area contributed by atoms with Crippen molar-refractivity contribution in [2.75, 3.05) is 5.32 Å². The summed E-state index contributed by atoms with van der Waals surface area (Å²) in [5.74, 6) is 0.945. The third kappa shape index (κ3) is 3.47. The van der Waals surface area contributed by atoms with Crippen LogP contribution >= 0.6 is 22.9 Å². The predicted molar refractivity (Wildman–Crippen MR) is 120 cm³/mol. The van der Waals surface area contributed by atoms with Crippen molar-refractivity contribution >= 4 is 44.9 Å². The molecule has 5 rings (SSSR count). The summed E-state index contributed by atoms with van der Waals surface area (Å²) < 4.78 is 6.04. The van der Waals surface area contributed by atoms with Gasteiger partial charge in [0.15, 0.2) is 10.9 Å². The maximum atomic E-state index is 13.0. The van der Waals surface area contributed by atoms with Gasteiger partial charge >= 0.3 is 0 Å². The van der Waals surface area contributed by atoms with Crippen molar-refractivity contribution in [1.29, 1.82) is 0 Å². The molecule has 0 aliphatic carbocycles. The fourth-order valence-corrected chi connectivity index (χ4v) is 3.97. The van der Waals surface area contributed by atoms with E-state index in [9.17, 15) is 4.79 Å². The average Bonchev–Trinajstić information content (AvgIpc) is 3.45. The third-order valence-electron chi connectivity index (χ3n) is 4.61. The zero-order chi connectivity index (χ0) is 20.5. The first-order valence-electron chi connectivity index (χ1n) is 9.15. The van der Waals surface area contributed by atoms with Gasteiger partial charge in [0.1, 0.15) is 11.5 Å². The SMILES string of the molecule is O=C(Nc1nccs1)c1cc(-c2ccc(-c3ccccc3Cl)o2)nc2ccccc12. The number of furan rings is 1. The van der Waals surface area contributed by atoms with Gasteiger partial charge < -0.3 is 4.42 Å². The van der Waals surface area contributed by atoms with E-state index >= 15 is 0 Å². The van der Waals surface area contributed by atoms with Gasteiger partial charge in [0.25, 0.3) is 5.91 Å². The minimum Gasteiger partial charge on any atom is -0.454 e. The maximum Gasteiger partial charge on any atom is 0.258 e. The standard InChI is InChI=1S/C23H14ClN3O2S/c24-17-7-3-1-6-15(17)20-9-10-21(29-20)19-13-16(14-5-2-4-8-18(14)26-19)22(28)27-23-25-11-12-30-23/h1-13H,(H,25,27,28). The van der Waals surface area contributed by atoms with Gasteiger partial charge in [0.2, 0.25) is 0 Å². The van der Waals surface area contributed by atoms with E-state index in [0.717, 1.165) is 10.9 Å². The summed E-state index contributed by atoms with van der Waals surface area (Å²) >= 11 is 7.66. The monoisotopic (exact) mass is 431 g/mol. The Balaban J connectivity index is 1.59. The third-order valence-corrected chi connectivity index (χ3v) is 5.63. The van der Waals surface area contributed by atoms with Crippen LogP contribution in [-0.2, 0) is 0 Å². The summed E-state index contributed by atoms with van der Waals surface area (Å²) in [7, 11) is 0. The first-order valence-corrected chi connectivity index (χ1v) is 10.4. The zero-order valence-electron chi connectivity index (χ0n) is 15.5. The van der Waals surface area contributed by atoms with Crippen LogP contribution in [0.15, 0.2) is 82.7 Å². The Morgan fingerprint density at radius 2 is 1.80 bits per heavy atom. The van der Waals surface area contributed by atoms with Crippen molar-refractivity contribution in [2.45, 2.75) is 0 Å². The average molecular weight is 432 g/mol. The number of para-hydroxylation sites is 1. The summed E-state index contributed by atoms with van der Waals surface area (Å²) in [5, 5.41) is 6.56. The number of pyridine rings is 1. The fraction of sp³-hybridized carbons (Fsp3) is 0. The summed E-state index contributed by atoms with van der Waals surface area (Å²) in [6.45, 7) is 0. The van der Waals surface area contributed by atoms with E-state index in [1.807, 2.05) is 66.0 Å². The van der Waals surface area contributed by atoms with Crippen molar-refractivity contribution in [2.24, 2.45) is 0 Å². The number of hydrogen-bond acceptors (Lipinski definition) is 5. The first kappa shape index (κ1) is 18.5. The summed E-state index contributed by atoms with van der Waals surface area (Å²) in [4.78, 5) is 21.8. The molecule has 2 aromatic carbocycles. The first-order chi connectivity index (χ1) is 14.7. The number of fused-ring (bicyclic) bond motifs is 1. The van der Waals surface area contributed by atoms with Crippen LogP contribution in [0.5, 0.6) is 0 Å². The molecular weight excluding hydrogens is 418 g/mol. The Morgan fingerprint density at radius 3 is 2.63 bits per heavy atom. The molecule has 3 aromatic heterocycles. The second kappa shape index (κ2) is 7.74. The molecular formula is C23H14ClN3O2S. The smallest absolute Gasteiger partial charge is 0.258 e. The highest BCUT2D eigenvalue weighted by molar-refractivity contribution is 7.13. The van der Waals surface area contributed by atoms with Gasteiger partial charge in [-0.3, -0.25) is 10.1 Å². The molecule has 3 heterocycles. The number of benzene rings is 2. The van der Waals surface area contributed by atoms with Crippen LogP contribution in [0.3, 0.4) is 0 Å². The Bertz CT molecular complexity index is 1360. The van der Waals surface area contributed by atoms with Crippen LogP contribution in [0.4, 0.5) is 5.13 Å². The number of thiazole rings is 1. The highest BCUT2D eigenvalue weighted by atomic mass is 35.5. The Hall–Kier alpha value is -3.48. The molecule has 1 N–H and O–H groups in total. The number of carbonyl (C=O) groups excluding carboxylic acids is 1. The minimum absolute atomic E-state index is 0.248. The second-order valence-electron chi connectivity index (χ2n) is 6.51. The van der Waals surface area contributed by atoms with Crippen LogP contribution < -0.4 is 5.32 Å². The van der Waals surface area contributed by atoms with Gasteiger partial charge in [-0.05, 0) is 36.4 Å². The lowest BCUT2D eigenvalue weighted by Crippen LogP contribution is -2.12. The van der Waals surface area contributed by atoms with Gasteiger partial charge in [-0.15, -0.1) is 11.3 Å². The zero-order valence-corrected chi connectivity index (χ0v) is 17.1. The molecule has 146 valence electrons. The molecule has 0 bridgehead atoms. The number of amides is 1. The maximum absolute atomic E-state index is 13.0. The predicted octanol–water partition coefficient (Wildman–Crippen LogP) is 6.52. The van der Waals surface area contributed by atoms with E-state index in [1.54, 1.807) is 12.3 Å². The van der Waals surface area contributed by atoms with Crippen LogP contribution in [0.2, 0.25) is 5.02 Å². The molecule has 0 unspecified atom stereocenters. The van der Waals surface area contributed by atoms with Crippen molar-refractivity contribution in [1.82, 2.24) is 9.97 Å². The quantitative estimate of drug-likeness (QED) is 0.351. The minimum atomic E-state index is -0.248. The molecule has 0 saturated carbocycles. The van der Waals surface area contributed by atoms with E-state index < -0.39 is 0 Å². The number of nitrogens with zero attached hydrogens (tertiary/aromatic N) is 2. The van der Waals surface area contributed by atoms with Crippen molar-refractivity contribution in [3.8, 4) is 22.8 Å². The highest BCUT2D eigenvalue weighted by Crippen LogP contribution is 2.33. The Kier molecular flexibility index (Phi) is 4.78. The largest absolute Gasteiger partial charge is 0.454 e. The van der Waals surface area contributed by atoms with Crippen LogP contribution in [0.1, 0.15) is 10.4 Å². The Morgan fingerprint density at radius 1 is 1.00 bits per heavy atom. The summed E-state index contributed by atoms with van der Waals surface area (Å²) in [6.07, 6.45) is 1.65. The molecule has 5 aromatic rings. The van der Waals surface area contributed by atoms with E-state index in [-0.39, 0.29) is 5.91 Å². The van der Waals surface area contributed by atoms with Crippen LogP contribution in [0.25, 0.3) is 33.7 Å². The van der Waals surface area contributed by atoms with Crippen molar-refractivity contribution < 1.29 is 9.21 Å². The van der Waals surface area contributed by atoms with Crippen molar-refractivity contribution in [3.63, 3.8) is 0 Å². The van der Waals surface area contributed by atoms with E-state index in [1.165, 1.54) is 11.3 Å². The fourth-order valence-electron chi connectivity index (χ4n) is 3.22. The molecule has 0 atom stereocenters. The van der Waals surface area contributed by atoms with E-state index in [0.29, 0.717) is 38.4 Å². The van der Waals surface area contributed by atoms with Gasteiger partial charge in [0.05, 0.1) is 16.1 Å². The number of carbonyl (C=O) groups is 1. The highest BCUT2D eigenvalue weighted by Gasteiger charge is 2.17. The molecule has 1 amide bonds. The molecule has 0 fully saturated rings. The number of aromatic nitrogens is 2. The molecule has 0 spiro atoms. The lowest BCUT2D eigenvalue weighted by atomic mass is 10.1. The topological polar surface area (TPSA) is 68.0 Å². The molecule has 0 aliphatic heterocycles. The number of halogens is 1. The van der Waals surface area contributed by atoms with Crippen molar-refractivity contribution in [3.05, 3.63) is 88.9 Å². The van der Waals surface area contributed by atoms with E-state index in [4.69, 9.17) is 21.0 Å². The number of hydrogen-bond donors (Lipinski definition) is 1. The molecule has 0 radical (unpaired) electrons. The van der Waals surface area contributed by atoms with E-state index in [2.05, 4.69) is 10.3 Å². The normalized spacial score (nSPS) is 11.0. The second-order valence-corrected chi connectivity index (χ2v) is 7.81. The number of anilines is 1. The molecule has 5 nitrogen and oxygen atoms in total. The lowest BCUT2D eigenvalue weighted by Gasteiger charge is -2.08. The molecule has 0 aliphatic rings. The van der Waals surface area contributed by atoms with Gasteiger partial charge in [-0.1, -0.05) is 41.9 Å². The van der Waals surface area contributed by atoms with Crippen LogP contribution in [0, 0.1) is 0 Å². The summed E-state index contributed by atoms with van der Waals surface area (Å²) in [6, 6.07) is 20.4. The van der Waals surface area contributed by atoms with Gasteiger partial charge in [-0.2, -0.15) is 0 Å². The van der Waals surface area contributed by atoms with Crippen LogP contribution in [-0.4, -0.2) is 15.9 Å². The lowest BCUT2D eigenvalue weighted by molar-refractivity contribution is 0.102.